The summed E-state index contributed by atoms with van der Waals surface area (Å²) in [7, 11) is 0. The van der Waals surface area contributed by atoms with Crippen molar-refractivity contribution in [1.29, 1.82) is 0 Å². The van der Waals surface area contributed by atoms with Gasteiger partial charge in [0.1, 0.15) is 11.5 Å². The number of para-hydroxylation sites is 4. The van der Waals surface area contributed by atoms with E-state index in [9.17, 15) is 0 Å². The Balaban J connectivity index is 0.00000360. The molecule has 252 valence electrons. The molecule has 0 atom stereocenters. The number of fused-ring (bicyclic) bond motifs is 7. The van der Waals surface area contributed by atoms with Gasteiger partial charge in [-0.15, -0.1) is 40.9 Å². The van der Waals surface area contributed by atoms with E-state index < -0.39 is 0 Å². The number of nitrogens with zero attached hydrogens (tertiary/aromatic N) is 5. The predicted octanol–water partition coefficient (Wildman–Crippen LogP) is 11.2. The van der Waals surface area contributed by atoms with E-state index in [0.29, 0.717) is 0 Å². The van der Waals surface area contributed by atoms with Gasteiger partial charge < -0.3 is 9.55 Å². The molecule has 0 aliphatic heterocycles. The molecule has 0 unspecified atom stereocenters. The number of rotatable bonds is 4. The zero-order valence-corrected chi connectivity index (χ0v) is 31.2. The van der Waals surface area contributed by atoms with Gasteiger partial charge in [-0.1, -0.05) is 111 Å². The molecule has 0 N–H and O–H groups in total. The van der Waals surface area contributed by atoms with Gasteiger partial charge in [0.25, 0.3) is 0 Å². The zero-order valence-electron chi connectivity index (χ0n) is 28.9. The molecule has 5 nitrogen and oxygen atoms in total. The number of benzene rings is 6. The van der Waals surface area contributed by atoms with E-state index >= 15 is 0 Å². The molecule has 6 aromatic carbocycles. The summed E-state index contributed by atoms with van der Waals surface area (Å²) in [5.74, 6) is 0.857. The molecule has 0 radical (unpaired) electrons. The van der Waals surface area contributed by atoms with E-state index in [1.807, 2.05) is 12.3 Å². The van der Waals surface area contributed by atoms with Crippen molar-refractivity contribution < 1.29 is 21.1 Å². The van der Waals surface area contributed by atoms with Gasteiger partial charge in [0.15, 0.2) is 0 Å². The Kier molecular flexibility index (Phi) is 7.53. The van der Waals surface area contributed by atoms with Gasteiger partial charge in [-0.3, -0.25) is 4.57 Å². The topological polar surface area (TPSA) is 49.7 Å². The van der Waals surface area contributed by atoms with Crippen LogP contribution in [0.15, 0.2) is 146 Å². The maximum atomic E-state index is 5.49. The number of imidazole rings is 1. The summed E-state index contributed by atoms with van der Waals surface area (Å²) in [4.78, 5) is 15.5. The monoisotopic (exact) mass is 850 g/mol. The number of hydrogen-bond acceptors (Lipinski definition) is 2. The molecule has 4 aromatic heterocycles. The summed E-state index contributed by atoms with van der Waals surface area (Å²) in [5, 5.41) is 4.61. The van der Waals surface area contributed by atoms with Crippen LogP contribution in [-0.2, 0) is 26.5 Å². The molecule has 0 aliphatic carbocycles. The molecule has 4 heterocycles. The van der Waals surface area contributed by atoms with Crippen molar-refractivity contribution in [3.05, 3.63) is 157 Å². The predicted molar refractivity (Wildman–Crippen MR) is 210 cm³/mol. The van der Waals surface area contributed by atoms with Crippen LogP contribution in [0.3, 0.4) is 0 Å². The minimum atomic E-state index is 0. The van der Waals surface area contributed by atoms with Gasteiger partial charge in [-0.2, -0.15) is 0 Å². The van der Waals surface area contributed by atoms with Crippen LogP contribution >= 0.6 is 0 Å². The molecule has 0 saturated heterocycles. The molecule has 0 fully saturated rings. The Hall–Kier alpha value is -5.77. The molecule has 0 bridgehead atoms. The van der Waals surface area contributed by atoms with E-state index in [0.717, 1.165) is 77.9 Å². The van der Waals surface area contributed by atoms with E-state index in [1.165, 1.54) is 16.3 Å². The molecule has 0 spiro atoms. The van der Waals surface area contributed by atoms with Gasteiger partial charge in [0.2, 0.25) is 0 Å². The van der Waals surface area contributed by atoms with Gasteiger partial charge in [0.05, 0.1) is 16.6 Å². The summed E-state index contributed by atoms with van der Waals surface area (Å²) in [6, 6.07) is 52.8. The Bertz CT molecular complexity index is 2910. The largest absolute Gasteiger partial charge is 2.00 e. The summed E-state index contributed by atoms with van der Waals surface area (Å²) >= 11 is 0. The van der Waals surface area contributed by atoms with Crippen molar-refractivity contribution in [2.75, 3.05) is 0 Å². The zero-order chi connectivity index (χ0) is 34.3. The standard InChI is InChI=1S/C46H33N5.Pt/c1-46(2,3)30-24-25-39-38(28-30)35-19-10-20-37(42(35)48-39)45-49-43-33(18-11-23-41(43)50(45)31-14-5-4-6-15-31)29-13-9-16-32(27-29)51-40-22-8-7-17-34(40)36-21-12-26-47-44(36)51;/h4-26,28H,1-3H3;/q-2;+2. The quantitative estimate of drug-likeness (QED) is 0.166. The van der Waals surface area contributed by atoms with Crippen molar-refractivity contribution in [3.63, 3.8) is 0 Å². The van der Waals surface area contributed by atoms with Crippen molar-refractivity contribution in [2.24, 2.45) is 0 Å². The molecule has 0 saturated carbocycles. The van der Waals surface area contributed by atoms with Gasteiger partial charge in [0, 0.05) is 28.2 Å². The van der Waals surface area contributed by atoms with E-state index in [1.54, 1.807) is 0 Å². The van der Waals surface area contributed by atoms with Gasteiger partial charge >= 0.3 is 21.1 Å². The summed E-state index contributed by atoms with van der Waals surface area (Å²) in [6.07, 6.45) is 1.86. The SMILES string of the molecule is CC(C)(C)c1ccc2[n-]c3c(-c4nc5c(-c6[c-]c(-n7c8ccccc8c8cccnc87)ccc6)cccc5n4-c4ccccc4)cccc3c2c1.[Pt+2]. The van der Waals surface area contributed by atoms with E-state index in [2.05, 4.69) is 169 Å². The van der Waals surface area contributed by atoms with Gasteiger partial charge in [-0.25, -0.2) is 9.97 Å². The maximum Gasteiger partial charge on any atom is 2.00 e. The average Bonchev–Trinajstić information content (AvgIpc) is 3.84. The summed E-state index contributed by atoms with van der Waals surface area (Å²) < 4.78 is 4.48. The smallest absolute Gasteiger partial charge is 0.656 e. The fourth-order valence-corrected chi connectivity index (χ4v) is 7.62. The fraction of sp³-hybridized carbons (Fsp3) is 0.0870. The first kappa shape index (κ1) is 32.2. The summed E-state index contributed by atoms with van der Waals surface area (Å²) in [5.41, 5.74) is 12.2. The third-order valence-corrected chi connectivity index (χ3v) is 10.1. The van der Waals surface area contributed by atoms with Crippen LogP contribution in [0.5, 0.6) is 0 Å². The van der Waals surface area contributed by atoms with Crippen LogP contribution in [0, 0.1) is 6.07 Å². The Morgan fingerprint density at radius 1 is 0.615 bits per heavy atom. The Morgan fingerprint density at radius 3 is 2.21 bits per heavy atom. The molecular weight excluding hydrogens is 818 g/mol. The molecule has 6 heteroatoms. The second kappa shape index (κ2) is 12.2. The first-order chi connectivity index (χ1) is 24.9. The van der Waals surface area contributed by atoms with Crippen LogP contribution in [0.2, 0.25) is 0 Å². The van der Waals surface area contributed by atoms with Crippen LogP contribution < -0.4 is 4.98 Å². The number of aromatic nitrogens is 5. The molecule has 0 aliphatic rings. The maximum absolute atomic E-state index is 5.49. The van der Waals surface area contributed by atoms with Crippen LogP contribution in [0.25, 0.3) is 88.7 Å². The third kappa shape index (κ3) is 4.95. The van der Waals surface area contributed by atoms with Crippen LogP contribution in [-0.4, -0.2) is 19.1 Å². The minimum absolute atomic E-state index is 0. The van der Waals surface area contributed by atoms with Crippen LogP contribution in [0.4, 0.5) is 0 Å². The molecule has 0 amide bonds. The second-order valence-corrected chi connectivity index (χ2v) is 14.3. The van der Waals surface area contributed by atoms with E-state index in [-0.39, 0.29) is 26.5 Å². The normalized spacial score (nSPS) is 12.0. The first-order valence-corrected chi connectivity index (χ1v) is 17.4. The van der Waals surface area contributed by atoms with Crippen molar-refractivity contribution in [3.8, 4) is 33.9 Å². The third-order valence-electron chi connectivity index (χ3n) is 10.1. The molecular formula is C46H33N5Pt. The minimum Gasteiger partial charge on any atom is -0.656 e. The molecule has 52 heavy (non-hydrogen) atoms. The van der Waals surface area contributed by atoms with E-state index in [4.69, 9.17) is 15.0 Å². The number of pyridine rings is 1. The average molecular weight is 851 g/mol. The van der Waals surface area contributed by atoms with Gasteiger partial charge in [-0.05, 0) is 63.8 Å². The van der Waals surface area contributed by atoms with Crippen molar-refractivity contribution >= 4 is 54.8 Å². The molecule has 10 rings (SSSR count). The van der Waals surface area contributed by atoms with Crippen LogP contribution in [0.1, 0.15) is 26.3 Å². The first-order valence-electron chi connectivity index (χ1n) is 17.4. The van der Waals surface area contributed by atoms with Crippen molar-refractivity contribution in [1.82, 2.24) is 24.1 Å². The fourth-order valence-electron chi connectivity index (χ4n) is 7.62. The Morgan fingerprint density at radius 2 is 1.35 bits per heavy atom. The number of hydrogen-bond donors (Lipinski definition) is 0. The van der Waals surface area contributed by atoms with Crippen molar-refractivity contribution in [2.45, 2.75) is 26.2 Å². The summed E-state index contributed by atoms with van der Waals surface area (Å²) in [6.45, 7) is 6.76. The second-order valence-electron chi connectivity index (χ2n) is 14.3. The molecule has 10 aromatic rings. The Labute approximate surface area is 315 Å².